The van der Waals surface area contributed by atoms with Crippen LogP contribution in [-0.4, -0.2) is 73.6 Å². The summed E-state index contributed by atoms with van der Waals surface area (Å²) in [5.41, 5.74) is 0. The summed E-state index contributed by atoms with van der Waals surface area (Å²) in [6, 6.07) is 2.10. The van der Waals surface area contributed by atoms with Crippen molar-refractivity contribution in [3.63, 3.8) is 0 Å². The molecule has 0 saturated carbocycles. The average Bonchev–Trinajstić information content (AvgIpc) is 2.68. The van der Waals surface area contributed by atoms with E-state index in [2.05, 4.69) is 27.5 Å². The van der Waals surface area contributed by atoms with Crippen molar-refractivity contribution in [2.75, 3.05) is 33.7 Å². The van der Waals surface area contributed by atoms with Gasteiger partial charge >= 0.3 is 0 Å². The van der Waals surface area contributed by atoms with Crippen molar-refractivity contribution >= 4 is 5.91 Å². The number of nitrogens with zero attached hydrogens (tertiary/aromatic N) is 2. The summed E-state index contributed by atoms with van der Waals surface area (Å²) in [7, 11) is 4.01. The number of fused-ring (bicyclic) bond motifs is 2. The van der Waals surface area contributed by atoms with E-state index in [1.54, 1.807) is 7.05 Å². The maximum absolute atomic E-state index is 12.1. The summed E-state index contributed by atoms with van der Waals surface area (Å²) in [6.07, 6.45) is 5.16. The smallest absolute Gasteiger partial charge is 0.238 e. The van der Waals surface area contributed by atoms with Crippen molar-refractivity contribution in [1.82, 2.24) is 20.4 Å². The van der Waals surface area contributed by atoms with Gasteiger partial charge in [-0.2, -0.15) is 0 Å². The van der Waals surface area contributed by atoms with Crippen molar-refractivity contribution in [1.29, 1.82) is 0 Å². The van der Waals surface area contributed by atoms with E-state index in [9.17, 15) is 4.79 Å². The van der Waals surface area contributed by atoms with Crippen LogP contribution in [0.15, 0.2) is 0 Å². The highest BCUT2D eigenvalue weighted by Gasteiger charge is 2.43. The Kier molecular flexibility index (Phi) is 3.78. The molecule has 0 aromatic rings. The Hall–Kier alpha value is -0.650. The summed E-state index contributed by atoms with van der Waals surface area (Å²) >= 11 is 0. The normalized spacial score (nSPS) is 40.3. The van der Waals surface area contributed by atoms with Gasteiger partial charge in [-0.25, -0.2) is 0 Å². The molecular formula is C14H26N4O. The van der Waals surface area contributed by atoms with Crippen LogP contribution in [-0.2, 0) is 4.79 Å². The van der Waals surface area contributed by atoms with Gasteiger partial charge in [0.2, 0.25) is 5.91 Å². The lowest BCUT2D eigenvalue weighted by Crippen LogP contribution is -2.62. The van der Waals surface area contributed by atoms with Crippen molar-refractivity contribution in [2.45, 2.75) is 49.9 Å². The monoisotopic (exact) mass is 266 g/mol. The second-order valence-corrected chi connectivity index (χ2v) is 6.25. The van der Waals surface area contributed by atoms with Crippen LogP contribution in [0.3, 0.4) is 0 Å². The Morgan fingerprint density at radius 3 is 2.53 bits per heavy atom. The van der Waals surface area contributed by atoms with Crippen LogP contribution >= 0.6 is 0 Å². The molecule has 5 heteroatoms. The minimum atomic E-state index is 0.0200. The molecule has 3 atom stereocenters. The maximum Gasteiger partial charge on any atom is 0.238 e. The molecule has 3 saturated heterocycles. The molecule has 3 aliphatic rings. The molecule has 0 aliphatic carbocycles. The topological polar surface area (TPSA) is 47.6 Å². The molecule has 5 nitrogen and oxygen atoms in total. The predicted molar refractivity (Wildman–Crippen MR) is 75.0 cm³/mol. The first-order valence-corrected chi connectivity index (χ1v) is 7.60. The number of rotatable bonds is 2. The fourth-order valence-electron chi connectivity index (χ4n) is 4.22. The Morgan fingerprint density at radius 2 is 1.89 bits per heavy atom. The number of likely N-dealkylation sites (N-methyl/N-ethyl adjacent to an activating group) is 1. The summed E-state index contributed by atoms with van der Waals surface area (Å²) in [4.78, 5) is 17.1. The van der Waals surface area contributed by atoms with Gasteiger partial charge in [0.1, 0.15) is 6.04 Å². The molecular weight excluding hydrogens is 240 g/mol. The molecule has 19 heavy (non-hydrogen) atoms. The number of nitrogens with one attached hydrogen (secondary N) is 2. The lowest BCUT2D eigenvalue weighted by Gasteiger charge is -2.46. The molecule has 1 amide bonds. The summed E-state index contributed by atoms with van der Waals surface area (Å²) in [6.45, 7) is 2.81. The fourth-order valence-corrected chi connectivity index (χ4v) is 4.22. The molecule has 3 aliphatic heterocycles. The van der Waals surface area contributed by atoms with Crippen LogP contribution in [0.25, 0.3) is 0 Å². The first-order valence-electron chi connectivity index (χ1n) is 7.60. The molecule has 0 radical (unpaired) electrons. The van der Waals surface area contributed by atoms with Gasteiger partial charge in [-0.3, -0.25) is 9.69 Å². The SMILES string of the molecule is CNC(=O)C1CNCCN1C1CC2CCC(C1)N2C. The first kappa shape index (κ1) is 13.3. The molecule has 3 fully saturated rings. The Labute approximate surface area is 115 Å². The van der Waals surface area contributed by atoms with Gasteiger partial charge in [0.25, 0.3) is 0 Å². The zero-order valence-corrected chi connectivity index (χ0v) is 12.1. The largest absolute Gasteiger partial charge is 0.358 e. The quantitative estimate of drug-likeness (QED) is 0.716. The van der Waals surface area contributed by atoms with Crippen LogP contribution in [0.1, 0.15) is 25.7 Å². The summed E-state index contributed by atoms with van der Waals surface area (Å²) in [5.74, 6) is 0.165. The van der Waals surface area contributed by atoms with Crippen molar-refractivity contribution < 1.29 is 4.79 Å². The molecule has 0 spiro atoms. The number of hydrogen-bond acceptors (Lipinski definition) is 4. The van der Waals surface area contributed by atoms with E-state index in [-0.39, 0.29) is 11.9 Å². The fraction of sp³-hybridized carbons (Fsp3) is 0.929. The van der Waals surface area contributed by atoms with Crippen molar-refractivity contribution in [3.8, 4) is 0 Å². The molecule has 3 unspecified atom stereocenters. The minimum absolute atomic E-state index is 0.0200. The standard InChI is InChI=1S/C14H26N4O/c1-15-14(19)13-9-16-5-6-18(13)12-7-10-3-4-11(8-12)17(10)2/h10-13,16H,3-9H2,1-2H3,(H,15,19). The maximum atomic E-state index is 12.1. The lowest BCUT2D eigenvalue weighted by atomic mass is 9.94. The minimum Gasteiger partial charge on any atom is -0.358 e. The summed E-state index contributed by atoms with van der Waals surface area (Å²) in [5, 5.41) is 6.17. The highest BCUT2D eigenvalue weighted by molar-refractivity contribution is 5.81. The predicted octanol–water partition coefficient (Wildman–Crippen LogP) is -0.369. The highest BCUT2D eigenvalue weighted by Crippen LogP contribution is 2.36. The molecule has 2 bridgehead atoms. The number of piperazine rings is 1. The van der Waals surface area contributed by atoms with Crippen LogP contribution < -0.4 is 10.6 Å². The molecule has 2 N–H and O–H groups in total. The molecule has 108 valence electrons. The van der Waals surface area contributed by atoms with Gasteiger partial charge in [-0.05, 0) is 32.7 Å². The Bertz CT molecular complexity index is 334. The van der Waals surface area contributed by atoms with E-state index in [1.807, 2.05) is 0 Å². The average molecular weight is 266 g/mol. The molecule has 3 heterocycles. The van der Waals surface area contributed by atoms with E-state index < -0.39 is 0 Å². The van der Waals surface area contributed by atoms with Crippen molar-refractivity contribution in [2.24, 2.45) is 0 Å². The highest BCUT2D eigenvalue weighted by atomic mass is 16.2. The second-order valence-electron chi connectivity index (χ2n) is 6.25. The van der Waals surface area contributed by atoms with E-state index in [0.717, 1.165) is 31.7 Å². The van der Waals surface area contributed by atoms with Gasteiger partial charge in [-0.15, -0.1) is 0 Å². The van der Waals surface area contributed by atoms with E-state index in [4.69, 9.17) is 0 Å². The zero-order chi connectivity index (χ0) is 13.4. The second kappa shape index (κ2) is 5.38. The third-order valence-corrected chi connectivity index (χ3v) is 5.38. The van der Waals surface area contributed by atoms with Crippen LogP contribution in [0.5, 0.6) is 0 Å². The zero-order valence-electron chi connectivity index (χ0n) is 12.1. The number of hydrogen-bond donors (Lipinski definition) is 2. The van der Waals surface area contributed by atoms with Gasteiger partial charge in [-0.1, -0.05) is 0 Å². The van der Waals surface area contributed by atoms with Gasteiger partial charge in [0, 0.05) is 44.8 Å². The van der Waals surface area contributed by atoms with Gasteiger partial charge in [0.05, 0.1) is 0 Å². The number of carbonyl (C=O) groups excluding carboxylic acids is 1. The number of piperidine rings is 1. The van der Waals surface area contributed by atoms with Crippen LogP contribution in [0, 0.1) is 0 Å². The van der Waals surface area contributed by atoms with Crippen molar-refractivity contribution in [3.05, 3.63) is 0 Å². The third kappa shape index (κ3) is 2.39. The molecule has 0 aromatic carbocycles. The number of amides is 1. The third-order valence-electron chi connectivity index (χ3n) is 5.38. The number of carbonyl (C=O) groups is 1. The molecule has 0 aromatic heterocycles. The van der Waals surface area contributed by atoms with Gasteiger partial charge in [0.15, 0.2) is 0 Å². The van der Waals surface area contributed by atoms with Gasteiger partial charge < -0.3 is 15.5 Å². The van der Waals surface area contributed by atoms with E-state index >= 15 is 0 Å². The van der Waals surface area contributed by atoms with E-state index in [0.29, 0.717) is 6.04 Å². The van der Waals surface area contributed by atoms with E-state index in [1.165, 1.54) is 25.7 Å². The Balaban J connectivity index is 1.71. The van der Waals surface area contributed by atoms with Crippen LogP contribution in [0.2, 0.25) is 0 Å². The first-order chi connectivity index (χ1) is 9.20. The molecule has 3 rings (SSSR count). The van der Waals surface area contributed by atoms with Crippen LogP contribution in [0.4, 0.5) is 0 Å². The lowest BCUT2D eigenvalue weighted by molar-refractivity contribution is -0.128. The Morgan fingerprint density at radius 1 is 1.21 bits per heavy atom. The summed E-state index contributed by atoms with van der Waals surface area (Å²) < 4.78 is 0.